The van der Waals surface area contributed by atoms with Gasteiger partial charge in [0.25, 0.3) is 0 Å². The predicted octanol–water partition coefficient (Wildman–Crippen LogP) is 4.06. The molecule has 0 heterocycles. The summed E-state index contributed by atoms with van der Waals surface area (Å²) in [6.07, 6.45) is 9.40. The highest BCUT2D eigenvalue weighted by Crippen LogP contribution is 2.14. The average molecular weight is 194 g/mol. The molecule has 14 heavy (non-hydrogen) atoms. The van der Waals surface area contributed by atoms with E-state index in [9.17, 15) is 4.79 Å². The molecule has 0 aromatic heterocycles. The minimum atomic E-state index is 1.03. The largest absolute Gasteiger partial charge is 0.224 e. The van der Waals surface area contributed by atoms with E-state index in [0.717, 1.165) is 12.8 Å². The van der Waals surface area contributed by atoms with Crippen molar-refractivity contribution in [3.05, 3.63) is 11.3 Å². The maximum absolute atomic E-state index is 10.2. The quantitative estimate of drug-likeness (QED) is 0.323. The van der Waals surface area contributed by atoms with Crippen molar-refractivity contribution in [2.24, 2.45) is 0 Å². The Morgan fingerprint density at radius 3 is 1.79 bits per heavy atom. The van der Waals surface area contributed by atoms with E-state index in [2.05, 4.69) is 19.6 Å². The summed E-state index contributed by atoms with van der Waals surface area (Å²) in [5.41, 5.74) is 3.88. The van der Waals surface area contributed by atoms with Crippen LogP contribution in [0.25, 0.3) is 0 Å². The van der Waals surface area contributed by atoms with Crippen molar-refractivity contribution in [1.29, 1.82) is 0 Å². The molecule has 0 spiro atoms. The first-order chi connectivity index (χ1) is 6.85. The number of allylic oxidation sites excluding steroid dienone is 1. The lowest BCUT2D eigenvalue weighted by molar-refractivity contribution is 0.569. The van der Waals surface area contributed by atoms with Crippen LogP contribution in [-0.4, -0.2) is 5.94 Å². The normalized spacial score (nSPS) is 9.29. The Labute approximate surface area is 87.9 Å². The van der Waals surface area contributed by atoms with Crippen molar-refractivity contribution >= 4 is 5.94 Å². The highest BCUT2D eigenvalue weighted by molar-refractivity contribution is 5.45. The molecule has 0 radical (unpaired) electrons. The minimum absolute atomic E-state index is 1.03. The van der Waals surface area contributed by atoms with Gasteiger partial charge in [0, 0.05) is 0 Å². The first-order valence-electron chi connectivity index (χ1n) is 5.83. The smallest absolute Gasteiger partial charge is 0.177 e. The fourth-order valence-corrected chi connectivity index (χ4v) is 1.50. The highest BCUT2D eigenvalue weighted by Gasteiger charge is 1.97. The molecule has 0 fully saturated rings. The number of hydrogen-bond donors (Lipinski definition) is 0. The zero-order valence-corrected chi connectivity index (χ0v) is 9.57. The highest BCUT2D eigenvalue weighted by atomic mass is 16.1. The van der Waals surface area contributed by atoms with Crippen LogP contribution in [0.5, 0.6) is 0 Å². The van der Waals surface area contributed by atoms with Crippen LogP contribution in [-0.2, 0) is 4.79 Å². The van der Waals surface area contributed by atoms with Gasteiger partial charge in [-0.2, -0.15) is 0 Å². The Hall–Kier alpha value is -0.770. The second-order valence-corrected chi connectivity index (χ2v) is 3.74. The molecule has 0 aliphatic carbocycles. The molecule has 1 heteroatoms. The summed E-state index contributed by atoms with van der Waals surface area (Å²) in [7, 11) is 0. The van der Waals surface area contributed by atoms with Gasteiger partial charge in [0.2, 0.25) is 0 Å². The molecular weight excluding hydrogens is 172 g/mol. The number of hydrogen-bond acceptors (Lipinski definition) is 1. The van der Waals surface area contributed by atoms with E-state index in [0.29, 0.717) is 0 Å². The number of carbonyl (C=O) groups excluding carboxylic acids is 1. The van der Waals surface area contributed by atoms with Crippen LogP contribution in [0.2, 0.25) is 0 Å². The molecule has 0 saturated heterocycles. The van der Waals surface area contributed by atoms with Crippen LogP contribution in [0.3, 0.4) is 0 Å². The third-order valence-corrected chi connectivity index (χ3v) is 2.39. The van der Waals surface area contributed by atoms with E-state index in [1.54, 1.807) is 5.94 Å². The van der Waals surface area contributed by atoms with Crippen molar-refractivity contribution in [2.45, 2.75) is 65.2 Å². The SMILES string of the molecule is CCCCCC(=C=C=O)CCCCC. The fraction of sp³-hybridized carbons (Fsp3) is 0.769. The van der Waals surface area contributed by atoms with Crippen molar-refractivity contribution in [2.75, 3.05) is 0 Å². The Kier molecular flexibility index (Phi) is 9.74. The van der Waals surface area contributed by atoms with Crippen LogP contribution in [0, 0.1) is 0 Å². The summed E-state index contributed by atoms with van der Waals surface area (Å²) in [4.78, 5) is 10.2. The molecule has 0 N–H and O–H groups in total. The second kappa shape index (κ2) is 10.3. The molecule has 0 rings (SSSR count). The maximum atomic E-state index is 10.2. The first-order valence-corrected chi connectivity index (χ1v) is 5.83. The van der Waals surface area contributed by atoms with Crippen LogP contribution < -0.4 is 0 Å². The fourth-order valence-electron chi connectivity index (χ4n) is 1.50. The summed E-state index contributed by atoms with van der Waals surface area (Å²) < 4.78 is 0. The number of unbranched alkanes of at least 4 members (excludes halogenated alkanes) is 4. The monoisotopic (exact) mass is 194 g/mol. The van der Waals surface area contributed by atoms with Gasteiger partial charge >= 0.3 is 0 Å². The van der Waals surface area contributed by atoms with Gasteiger partial charge in [0.1, 0.15) is 0 Å². The van der Waals surface area contributed by atoms with E-state index in [1.807, 2.05) is 0 Å². The topological polar surface area (TPSA) is 17.1 Å². The predicted molar refractivity (Wildman–Crippen MR) is 61.0 cm³/mol. The Balaban J connectivity index is 3.80. The van der Waals surface area contributed by atoms with Gasteiger partial charge in [0.05, 0.1) is 0 Å². The van der Waals surface area contributed by atoms with E-state index < -0.39 is 0 Å². The second-order valence-electron chi connectivity index (χ2n) is 3.74. The number of rotatable bonds is 8. The van der Waals surface area contributed by atoms with E-state index >= 15 is 0 Å². The van der Waals surface area contributed by atoms with Gasteiger partial charge in [-0.15, -0.1) is 0 Å². The van der Waals surface area contributed by atoms with Gasteiger partial charge in [-0.05, 0) is 37.0 Å². The molecule has 0 unspecified atom stereocenters. The van der Waals surface area contributed by atoms with Gasteiger partial charge < -0.3 is 0 Å². The summed E-state index contributed by atoms with van der Waals surface area (Å²) in [5, 5.41) is 0. The molecule has 0 aliphatic heterocycles. The standard InChI is InChI=1S/C13H22O/c1-3-5-7-9-13(11-12-14)10-8-6-4-2/h3-10H2,1-2H3. The lowest BCUT2D eigenvalue weighted by Crippen LogP contribution is -1.85. The van der Waals surface area contributed by atoms with Gasteiger partial charge in [0.15, 0.2) is 5.94 Å². The Morgan fingerprint density at radius 1 is 0.929 bits per heavy atom. The molecule has 1 nitrogen and oxygen atoms in total. The molecule has 0 aliphatic rings. The zero-order chi connectivity index (χ0) is 10.6. The van der Waals surface area contributed by atoms with Crippen molar-refractivity contribution in [3.63, 3.8) is 0 Å². The molecular formula is C13H22O. The van der Waals surface area contributed by atoms with Crippen molar-refractivity contribution < 1.29 is 4.79 Å². The summed E-state index contributed by atoms with van der Waals surface area (Å²) in [5.74, 6) is 1.78. The minimum Gasteiger partial charge on any atom is -0.224 e. The van der Waals surface area contributed by atoms with Gasteiger partial charge in [-0.25, -0.2) is 4.79 Å². The van der Waals surface area contributed by atoms with Gasteiger partial charge in [-0.1, -0.05) is 39.5 Å². The zero-order valence-electron chi connectivity index (χ0n) is 9.57. The molecule has 0 bridgehead atoms. The molecule has 80 valence electrons. The Bertz CT molecular complexity index is 193. The summed E-state index contributed by atoms with van der Waals surface area (Å²) in [6.45, 7) is 4.38. The maximum Gasteiger partial charge on any atom is 0.177 e. The molecule has 0 saturated carbocycles. The molecule has 0 atom stereocenters. The lowest BCUT2D eigenvalue weighted by atomic mass is 10.0. The lowest BCUT2D eigenvalue weighted by Gasteiger charge is -2.02. The third kappa shape index (κ3) is 7.86. The van der Waals surface area contributed by atoms with Crippen molar-refractivity contribution in [1.82, 2.24) is 0 Å². The first kappa shape index (κ1) is 13.2. The van der Waals surface area contributed by atoms with Crippen LogP contribution >= 0.6 is 0 Å². The Morgan fingerprint density at radius 2 is 1.43 bits per heavy atom. The average Bonchev–Trinajstić information content (AvgIpc) is 2.18. The summed E-state index contributed by atoms with van der Waals surface area (Å²) in [6, 6.07) is 0. The summed E-state index contributed by atoms with van der Waals surface area (Å²) >= 11 is 0. The van der Waals surface area contributed by atoms with E-state index in [-0.39, 0.29) is 0 Å². The molecule has 0 aromatic carbocycles. The van der Waals surface area contributed by atoms with Crippen LogP contribution in [0.1, 0.15) is 65.2 Å². The molecule has 0 aromatic rings. The van der Waals surface area contributed by atoms with Crippen LogP contribution in [0.4, 0.5) is 0 Å². The van der Waals surface area contributed by atoms with Crippen LogP contribution in [0.15, 0.2) is 11.3 Å². The van der Waals surface area contributed by atoms with E-state index in [1.165, 1.54) is 44.1 Å². The van der Waals surface area contributed by atoms with E-state index in [4.69, 9.17) is 0 Å². The third-order valence-electron chi connectivity index (χ3n) is 2.39. The van der Waals surface area contributed by atoms with Crippen molar-refractivity contribution in [3.8, 4) is 0 Å². The molecule has 0 amide bonds. The van der Waals surface area contributed by atoms with Gasteiger partial charge in [-0.3, -0.25) is 0 Å².